The quantitative estimate of drug-likeness (QED) is 0.815. The Labute approximate surface area is 121 Å². The van der Waals surface area contributed by atoms with Crippen LogP contribution in [0.25, 0.3) is 5.57 Å². The second-order valence-electron chi connectivity index (χ2n) is 4.90. The first-order valence-electron chi connectivity index (χ1n) is 6.74. The zero-order valence-electron chi connectivity index (χ0n) is 11.2. The van der Waals surface area contributed by atoms with Crippen LogP contribution < -0.4 is 5.32 Å². The Morgan fingerprint density at radius 3 is 2.62 bits per heavy atom. The average molecular weight is 276 g/mol. The number of cyclic esters (lactones) is 1. The number of carbonyl (C=O) groups excluding carboxylic acids is 1. The standard InChI is InChI=1S/C17H12N2O2/c20-17-15-13(10-21-17)12-8-4-5-9-14(12)18-16(19-15)11-6-2-1-3-7-11/h1-9H,10H2,(H,18,19). The molecule has 0 atom stereocenters. The highest BCUT2D eigenvalue weighted by Crippen LogP contribution is 2.34. The molecule has 0 saturated heterocycles. The van der Waals surface area contributed by atoms with E-state index in [1.54, 1.807) is 0 Å². The molecule has 0 amide bonds. The van der Waals surface area contributed by atoms with Gasteiger partial charge in [0.2, 0.25) is 0 Å². The van der Waals surface area contributed by atoms with E-state index in [0.717, 1.165) is 22.4 Å². The molecule has 0 aromatic heterocycles. The molecule has 0 fully saturated rings. The maximum absolute atomic E-state index is 11.9. The minimum absolute atomic E-state index is 0.276. The Kier molecular flexibility index (Phi) is 2.60. The van der Waals surface area contributed by atoms with E-state index in [1.807, 2.05) is 54.6 Å². The minimum Gasteiger partial charge on any atom is -0.456 e. The van der Waals surface area contributed by atoms with Crippen LogP contribution in [-0.2, 0) is 9.53 Å². The maximum atomic E-state index is 11.9. The van der Waals surface area contributed by atoms with Crippen molar-refractivity contribution in [2.75, 3.05) is 11.9 Å². The molecule has 4 nitrogen and oxygen atoms in total. The van der Waals surface area contributed by atoms with E-state index in [2.05, 4.69) is 10.3 Å². The van der Waals surface area contributed by atoms with Crippen LogP contribution in [-0.4, -0.2) is 18.4 Å². The Hall–Kier alpha value is -2.88. The van der Waals surface area contributed by atoms with Gasteiger partial charge < -0.3 is 10.1 Å². The summed E-state index contributed by atoms with van der Waals surface area (Å²) in [5.41, 5.74) is 4.07. The molecule has 0 saturated carbocycles. The lowest BCUT2D eigenvalue weighted by Gasteiger charge is -2.11. The highest BCUT2D eigenvalue weighted by molar-refractivity contribution is 6.15. The van der Waals surface area contributed by atoms with Crippen molar-refractivity contribution < 1.29 is 9.53 Å². The van der Waals surface area contributed by atoms with Crippen molar-refractivity contribution in [3.63, 3.8) is 0 Å². The molecule has 1 N–H and O–H groups in total. The number of hydrogen-bond donors (Lipinski definition) is 1. The second kappa shape index (κ2) is 4.59. The van der Waals surface area contributed by atoms with E-state index in [4.69, 9.17) is 4.74 Å². The molecule has 4 heteroatoms. The highest BCUT2D eigenvalue weighted by atomic mass is 16.5. The molecule has 0 aliphatic carbocycles. The molecule has 21 heavy (non-hydrogen) atoms. The number of aliphatic imine (C=N–C) groups is 1. The number of fused-ring (bicyclic) bond motifs is 2. The van der Waals surface area contributed by atoms with E-state index in [-0.39, 0.29) is 12.6 Å². The molecule has 0 unspecified atom stereocenters. The molecule has 2 aliphatic rings. The number of para-hydroxylation sites is 1. The molecular formula is C17H12N2O2. The van der Waals surface area contributed by atoms with Gasteiger partial charge in [-0.05, 0) is 6.07 Å². The lowest BCUT2D eigenvalue weighted by Crippen LogP contribution is -2.14. The first kappa shape index (κ1) is 11.9. The minimum atomic E-state index is -0.364. The van der Waals surface area contributed by atoms with E-state index in [9.17, 15) is 4.79 Å². The van der Waals surface area contributed by atoms with Gasteiger partial charge in [-0.3, -0.25) is 0 Å². The maximum Gasteiger partial charge on any atom is 0.357 e. The molecule has 2 heterocycles. The van der Waals surface area contributed by atoms with Crippen LogP contribution in [0.4, 0.5) is 5.69 Å². The van der Waals surface area contributed by atoms with Gasteiger partial charge in [0.15, 0.2) is 5.70 Å². The van der Waals surface area contributed by atoms with E-state index in [0.29, 0.717) is 11.5 Å². The zero-order chi connectivity index (χ0) is 14.2. The summed E-state index contributed by atoms with van der Waals surface area (Å²) >= 11 is 0. The van der Waals surface area contributed by atoms with Gasteiger partial charge in [0.05, 0.1) is 0 Å². The van der Waals surface area contributed by atoms with Crippen LogP contribution in [0.1, 0.15) is 11.1 Å². The fourth-order valence-electron chi connectivity index (χ4n) is 2.57. The van der Waals surface area contributed by atoms with E-state index >= 15 is 0 Å². The van der Waals surface area contributed by atoms with Crippen LogP contribution in [0.5, 0.6) is 0 Å². The number of anilines is 1. The summed E-state index contributed by atoms with van der Waals surface area (Å²) in [7, 11) is 0. The summed E-state index contributed by atoms with van der Waals surface area (Å²) in [5.74, 6) is 0.295. The van der Waals surface area contributed by atoms with Crippen LogP contribution in [0.3, 0.4) is 0 Å². The predicted octanol–water partition coefficient (Wildman–Crippen LogP) is 2.83. The van der Waals surface area contributed by atoms with Crippen molar-refractivity contribution in [3.8, 4) is 0 Å². The topological polar surface area (TPSA) is 50.7 Å². The lowest BCUT2D eigenvalue weighted by atomic mass is 10.0. The van der Waals surface area contributed by atoms with Crippen LogP contribution in [0.2, 0.25) is 0 Å². The summed E-state index contributed by atoms with van der Waals surface area (Å²) in [4.78, 5) is 16.4. The van der Waals surface area contributed by atoms with Gasteiger partial charge in [-0.2, -0.15) is 0 Å². The average Bonchev–Trinajstić information content (AvgIpc) is 2.80. The van der Waals surface area contributed by atoms with Gasteiger partial charge in [-0.15, -0.1) is 0 Å². The van der Waals surface area contributed by atoms with Crippen LogP contribution in [0, 0.1) is 0 Å². The number of nitrogens with one attached hydrogen (secondary N) is 1. The van der Waals surface area contributed by atoms with E-state index < -0.39 is 0 Å². The van der Waals surface area contributed by atoms with Gasteiger partial charge in [-0.1, -0.05) is 48.5 Å². The monoisotopic (exact) mass is 276 g/mol. The first-order chi connectivity index (χ1) is 10.3. The molecular weight excluding hydrogens is 264 g/mol. The summed E-state index contributed by atoms with van der Waals surface area (Å²) < 4.78 is 5.15. The summed E-state index contributed by atoms with van der Waals surface area (Å²) in [5, 5.41) is 3.33. The highest BCUT2D eigenvalue weighted by Gasteiger charge is 2.30. The molecule has 102 valence electrons. The van der Waals surface area contributed by atoms with Gasteiger partial charge in [0.25, 0.3) is 0 Å². The molecule has 0 bridgehead atoms. The van der Waals surface area contributed by atoms with Crippen molar-refractivity contribution >= 4 is 23.1 Å². The van der Waals surface area contributed by atoms with Gasteiger partial charge in [0, 0.05) is 22.4 Å². The Bertz CT molecular complexity index is 791. The number of hydrogen-bond acceptors (Lipinski definition) is 4. The van der Waals surface area contributed by atoms with Crippen LogP contribution >= 0.6 is 0 Å². The number of esters is 1. The molecule has 0 spiro atoms. The first-order valence-corrected chi connectivity index (χ1v) is 6.74. The molecule has 4 rings (SSSR count). The molecule has 0 radical (unpaired) electrons. The number of nitrogens with zero attached hydrogens (tertiary/aromatic N) is 1. The third-order valence-electron chi connectivity index (χ3n) is 3.60. The van der Waals surface area contributed by atoms with Gasteiger partial charge in [-0.25, -0.2) is 9.79 Å². The predicted molar refractivity (Wildman–Crippen MR) is 80.9 cm³/mol. The van der Waals surface area contributed by atoms with E-state index in [1.165, 1.54) is 0 Å². The van der Waals surface area contributed by atoms with Crippen molar-refractivity contribution in [2.24, 2.45) is 4.99 Å². The summed E-state index contributed by atoms with van der Waals surface area (Å²) in [6.07, 6.45) is 0. The van der Waals surface area contributed by atoms with Gasteiger partial charge in [0.1, 0.15) is 12.4 Å². The smallest absolute Gasteiger partial charge is 0.357 e. The Morgan fingerprint density at radius 2 is 1.76 bits per heavy atom. The third kappa shape index (κ3) is 1.92. The fraction of sp³-hybridized carbons (Fsp3) is 0.0588. The molecule has 2 aromatic rings. The molecule has 2 aliphatic heterocycles. The fourth-order valence-corrected chi connectivity index (χ4v) is 2.57. The van der Waals surface area contributed by atoms with Crippen molar-refractivity contribution in [2.45, 2.75) is 0 Å². The number of rotatable bonds is 1. The van der Waals surface area contributed by atoms with Crippen molar-refractivity contribution in [1.82, 2.24) is 0 Å². The summed E-state index contributed by atoms with van der Waals surface area (Å²) in [6.45, 7) is 0.276. The zero-order valence-corrected chi connectivity index (χ0v) is 11.2. The number of benzene rings is 2. The third-order valence-corrected chi connectivity index (χ3v) is 3.60. The number of amidine groups is 1. The number of carbonyl (C=O) groups is 1. The lowest BCUT2D eigenvalue weighted by molar-refractivity contribution is -0.135. The Balaban J connectivity index is 1.93. The SMILES string of the molecule is O=C1OCC2=C1N=C(c1ccccc1)Nc1ccccc12. The normalized spacial score (nSPS) is 16.4. The van der Waals surface area contributed by atoms with Crippen LogP contribution in [0.15, 0.2) is 65.3 Å². The van der Waals surface area contributed by atoms with Gasteiger partial charge >= 0.3 is 5.97 Å². The number of ether oxygens (including phenoxy) is 1. The second-order valence-corrected chi connectivity index (χ2v) is 4.90. The summed E-state index contributed by atoms with van der Waals surface area (Å²) in [6, 6.07) is 17.6. The molecule has 2 aromatic carbocycles. The van der Waals surface area contributed by atoms with Crippen molar-refractivity contribution in [3.05, 3.63) is 71.4 Å². The Morgan fingerprint density at radius 1 is 1.00 bits per heavy atom. The van der Waals surface area contributed by atoms with Crippen molar-refractivity contribution in [1.29, 1.82) is 0 Å². The largest absolute Gasteiger partial charge is 0.456 e.